The summed E-state index contributed by atoms with van der Waals surface area (Å²) in [5.41, 5.74) is 0.896. The van der Waals surface area contributed by atoms with Crippen LogP contribution < -0.4 is 0 Å². The summed E-state index contributed by atoms with van der Waals surface area (Å²) in [6, 6.07) is 6.55. The molecular weight excluding hydrogens is 220 g/mol. The smallest absolute Gasteiger partial charge is 0.277 e. The van der Waals surface area contributed by atoms with Gasteiger partial charge in [-0.3, -0.25) is 14.4 Å². The Morgan fingerprint density at radius 1 is 1.06 bits per heavy atom. The fourth-order valence-corrected chi connectivity index (χ4v) is 1.31. The molecule has 5 nitrogen and oxygen atoms in total. The highest BCUT2D eigenvalue weighted by Gasteiger charge is 2.14. The molecule has 0 aliphatic carbocycles. The Labute approximate surface area is 101 Å². The predicted octanol–water partition coefficient (Wildman–Crippen LogP) is 1.02. The molecule has 2 amide bonds. The van der Waals surface area contributed by atoms with Gasteiger partial charge in [-0.2, -0.15) is 0 Å². The van der Waals surface area contributed by atoms with E-state index in [1.165, 1.54) is 19.1 Å². The SMILES string of the molecule is CON(C)C(=O)c1cccc(C(=O)N(C)C)c1. The molecule has 5 heteroatoms. The highest BCUT2D eigenvalue weighted by Crippen LogP contribution is 2.09. The fourth-order valence-electron chi connectivity index (χ4n) is 1.31. The maximum absolute atomic E-state index is 11.8. The number of hydrogen-bond donors (Lipinski definition) is 0. The van der Waals surface area contributed by atoms with Gasteiger partial charge in [-0.15, -0.1) is 0 Å². The lowest BCUT2D eigenvalue weighted by Crippen LogP contribution is -2.26. The van der Waals surface area contributed by atoms with Crippen LogP contribution in [0.5, 0.6) is 0 Å². The summed E-state index contributed by atoms with van der Waals surface area (Å²) in [6.07, 6.45) is 0. The van der Waals surface area contributed by atoms with Gasteiger partial charge < -0.3 is 4.90 Å². The maximum atomic E-state index is 11.8. The maximum Gasteiger partial charge on any atom is 0.277 e. The van der Waals surface area contributed by atoms with E-state index in [1.54, 1.807) is 38.4 Å². The second-order valence-electron chi connectivity index (χ2n) is 3.77. The molecule has 0 radical (unpaired) electrons. The van der Waals surface area contributed by atoms with Gasteiger partial charge in [0, 0.05) is 32.3 Å². The lowest BCUT2D eigenvalue weighted by molar-refractivity contribution is -0.0757. The number of carbonyl (C=O) groups excluding carboxylic acids is 2. The number of nitrogens with zero attached hydrogens (tertiary/aromatic N) is 2. The van der Waals surface area contributed by atoms with Crippen LogP contribution >= 0.6 is 0 Å². The van der Waals surface area contributed by atoms with E-state index >= 15 is 0 Å². The largest absolute Gasteiger partial charge is 0.345 e. The molecule has 0 spiro atoms. The Balaban J connectivity index is 3.01. The molecule has 1 aromatic rings. The molecule has 0 bridgehead atoms. The first kappa shape index (κ1) is 13.2. The Hall–Kier alpha value is -1.88. The Morgan fingerprint density at radius 2 is 1.59 bits per heavy atom. The van der Waals surface area contributed by atoms with E-state index in [1.807, 2.05) is 0 Å². The van der Waals surface area contributed by atoms with Crippen LogP contribution in [0.1, 0.15) is 20.7 Å². The summed E-state index contributed by atoms with van der Waals surface area (Å²) in [5, 5.41) is 1.11. The first-order valence-corrected chi connectivity index (χ1v) is 5.11. The summed E-state index contributed by atoms with van der Waals surface area (Å²) >= 11 is 0. The average molecular weight is 236 g/mol. The van der Waals surface area contributed by atoms with Gasteiger partial charge in [-0.05, 0) is 18.2 Å². The molecule has 0 aliphatic rings. The third kappa shape index (κ3) is 3.04. The standard InChI is InChI=1S/C12H16N2O3/c1-13(2)11(15)9-6-5-7-10(8-9)12(16)14(3)17-4/h5-8H,1-4H3. The van der Waals surface area contributed by atoms with Gasteiger partial charge in [0.25, 0.3) is 11.8 Å². The molecular formula is C12H16N2O3. The van der Waals surface area contributed by atoms with Crippen molar-refractivity contribution in [3.8, 4) is 0 Å². The third-order valence-corrected chi connectivity index (χ3v) is 2.32. The number of rotatable bonds is 3. The van der Waals surface area contributed by atoms with E-state index in [0.717, 1.165) is 5.06 Å². The minimum Gasteiger partial charge on any atom is -0.345 e. The highest BCUT2D eigenvalue weighted by atomic mass is 16.7. The van der Waals surface area contributed by atoms with Crippen molar-refractivity contribution in [3.05, 3.63) is 35.4 Å². The number of hydrogen-bond acceptors (Lipinski definition) is 3. The van der Waals surface area contributed by atoms with Crippen molar-refractivity contribution >= 4 is 11.8 Å². The van der Waals surface area contributed by atoms with Gasteiger partial charge in [-0.1, -0.05) is 6.07 Å². The van der Waals surface area contributed by atoms with Crippen LogP contribution in [-0.2, 0) is 4.84 Å². The zero-order valence-electron chi connectivity index (χ0n) is 10.4. The normalized spacial score (nSPS) is 9.88. The van der Waals surface area contributed by atoms with Crippen LogP contribution in [-0.4, -0.2) is 50.0 Å². The number of amides is 2. The number of carbonyl (C=O) groups is 2. The molecule has 1 aromatic carbocycles. The van der Waals surface area contributed by atoms with Crippen LogP contribution in [0, 0.1) is 0 Å². The first-order chi connectivity index (χ1) is 7.97. The van der Waals surface area contributed by atoms with Gasteiger partial charge in [0.2, 0.25) is 0 Å². The molecule has 0 fully saturated rings. The van der Waals surface area contributed by atoms with Gasteiger partial charge in [-0.25, -0.2) is 5.06 Å². The van der Waals surface area contributed by atoms with Crippen molar-refractivity contribution in [1.29, 1.82) is 0 Å². The molecule has 17 heavy (non-hydrogen) atoms. The van der Waals surface area contributed by atoms with Crippen LogP contribution in [0.25, 0.3) is 0 Å². The summed E-state index contributed by atoms with van der Waals surface area (Å²) < 4.78 is 0. The molecule has 0 N–H and O–H groups in total. The first-order valence-electron chi connectivity index (χ1n) is 5.11. The Morgan fingerprint density at radius 3 is 2.06 bits per heavy atom. The zero-order chi connectivity index (χ0) is 13.0. The molecule has 0 unspecified atom stereocenters. The fraction of sp³-hybridized carbons (Fsp3) is 0.333. The molecule has 0 atom stereocenters. The summed E-state index contributed by atoms with van der Waals surface area (Å²) in [7, 11) is 6.26. The predicted molar refractivity (Wildman–Crippen MR) is 63.6 cm³/mol. The molecule has 92 valence electrons. The quantitative estimate of drug-likeness (QED) is 0.736. The van der Waals surface area contributed by atoms with Crippen molar-refractivity contribution in [1.82, 2.24) is 9.96 Å². The van der Waals surface area contributed by atoms with Gasteiger partial charge >= 0.3 is 0 Å². The average Bonchev–Trinajstić information content (AvgIpc) is 2.35. The van der Waals surface area contributed by atoms with Crippen molar-refractivity contribution in [2.75, 3.05) is 28.3 Å². The van der Waals surface area contributed by atoms with E-state index in [4.69, 9.17) is 4.84 Å². The van der Waals surface area contributed by atoms with Crippen LogP contribution in [0.4, 0.5) is 0 Å². The topological polar surface area (TPSA) is 49.9 Å². The molecule has 0 saturated carbocycles. The second kappa shape index (κ2) is 5.45. The lowest BCUT2D eigenvalue weighted by Gasteiger charge is -2.15. The second-order valence-corrected chi connectivity index (χ2v) is 3.77. The van der Waals surface area contributed by atoms with E-state index in [-0.39, 0.29) is 11.8 Å². The minimum atomic E-state index is -0.291. The minimum absolute atomic E-state index is 0.139. The molecule has 0 aliphatic heterocycles. The highest BCUT2D eigenvalue weighted by molar-refractivity contribution is 5.99. The summed E-state index contributed by atoms with van der Waals surface area (Å²) in [4.78, 5) is 29.8. The van der Waals surface area contributed by atoms with Gasteiger partial charge in [0.1, 0.15) is 0 Å². The third-order valence-electron chi connectivity index (χ3n) is 2.32. The Kier molecular flexibility index (Phi) is 4.23. The van der Waals surface area contributed by atoms with Crippen molar-refractivity contribution in [2.24, 2.45) is 0 Å². The molecule has 1 rings (SSSR count). The van der Waals surface area contributed by atoms with Crippen molar-refractivity contribution in [3.63, 3.8) is 0 Å². The zero-order valence-corrected chi connectivity index (χ0v) is 10.4. The van der Waals surface area contributed by atoms with E-state index in [2.05, 4.69) is 0 Å². The van der Waals surface area contributed by atoms with E-state index < -0.39 is 0 Å². The Bertz CT molecular complexity index is 430. The lowest BCUT2D eigenvalue weighted by atomic mass is 10.1. The number of hydroxylamine groups is 2. The van der Waals surface area contributed by atoms with E-state index in [0.29, 0.717) is 11.1 Å². The van der Waals surface area contributed by atoms with Crippen molar-refractivity contribution in [2.45, 2.75) is 0 Å². The molecule has 0 saturated heterocycles. The monoisotopic (exact) mass is 236 g/mol. The van der Waals surface area contributed by atoms with Crippen LogP contribution in [0.2, 0.25) is 0 Å². The van der Waals surface area contributed by atoms with E-state index in [9.17, 15) is 9.59 Å². The van der Waals surface area contributed by atoms with Gasteiger partial charge in [0.15, 0.2) is 0 Å². The van der Waals surface area contributed by atoms with Crippen LogP contribution in [0.15, 0.2) is 24.3 Å². The van der Waals surface area contributed by atoms with Gasteiger partial charge in [0.05, 0.1) is 7.11 Å². The van der Waals surface area contributed by atoms with Crippen LogP contribution in [0.3, 0.4) is 0 Å². The number of benzene rings is 1. The van der Waals surface area contributed by atoms with Crippen molar-refractivity contribution < 1.29 is 14.4 Å². The molecule has 0 aromatic heterocycles. The molecule has 0 heterocycles. The summed E-state index contributed by atoms with van der Waals surface area (Å²) in [5.74, 6) is -0.430. The summed E-state index contributed by atoms with van der Waals surface area (Å²) in [6.45, 7) is 0.